The molecule has 0 saturated carbocycles. The molecule has 7 N–H and O–H groups in total. The van der Waals surface area contributed by atoms with E-state index in [1.165, 1.54) is 18.3 Å². The molecule has 0 aliphatic heterocycles. The van der Waals surface area contributed by atoms with Crippen molar-refractivity contribution in [2.24, 2.45) is 16.5 Å². The van der Waals surface area contributed by atoms with E-state index in [0.29, 0.717) is 11.1 Å². The highest BCUT2D eigenvalue weighted by molar-refractivity contribution is 7.88. The molecule has 3 atom stereocenters. The molecule has 0 radical (unpaired) electrons. The van der Waals surface area contributed by atoms with Crippen molar-refractivity contribution in [3.05, 3.63) is 124 Å². The first kappa shape index (κ1) is 39.7. The molecule has 0 fully saturated rings. The van der Waals surface area contributed by atoms with Crippen molar-refractivity contribution < 1.29 is 36.0 Å². The topological polar surface area (TPSA) is 199 Å². The normalized spacial score (nSPS) is 13.4. The Labute approximate surface area is 303 Å². The van der Waals surface area contributed by atoms with Crippen LogP contribution >= 0.6 is 11.3 Å². The molecule has 2 amide bonds. The second-order valence-corrected chi connectivity index (χ2v) is 14.4. The molecule has 17 heteroatoms. The number of benzene rings is 3. The van der Waals surface area contributed by atoms with Crippen LogP contribution in [0.2, 0.25) is 0 Å². The van der Waals surface area contributed by atoms with Gasteiger partial charge in [0.05, 0.1) is 17.4 Å². The van der Waals surface area contributed by atoms with Gasteiger partial charge < -0.3 is 22.1 Å². The van der Waals surface area contributed by atoms with Crippen molar-refractivity contribution in [3.63, 3.8) is 0 Å². The van der Waals surface area contributed by atoms with Crippen LogP contribution in [0.25, 0.3) is 0 Å². The van der Waals surface area contributed by atoms with Gasteiger partial charge in [0.2, 0.25) is 27.6 Å². The molecule has 0 spiro atoms. The van der Waals surface area contributed by atoms with E-state index >= 15 is 0 Å². The number of alkyl halides is 3. The second-order valence-electron chi connectivity index (χ2n) is 11.8. The van der Waals surface area contributed by atoms with Crippen molar-refractivity contribution in [2.45, 2.75) is 55.7 Å². The number of nitrogens with two attached hydrogens (primary N) is 2. The first-order valence-electron chi connectivity index (χ1n) is 16.0. The minimum Gasteiger partial charge on any atom is -0.370 e. The average Bonchev–Trinajstić information content (AvgIpc) is 3.64. The van der Waals surface area contributed by atoms with Gasteiger partial charge in [-0.15, -0.1) is 11.3 Å². The van der Waals surface area contributed by atoms with Gasteiger partial charge in [0.1, 0.15) is 12.1 Å². The van der Waals surface area contributed by atoms with Crippen LogP contribution in [0.4, 0.5) is 13.2 Å². The summed E-state index contributed by atoms with van der Waals surface area (Å²) in [4.78, 5) is 49.3. The number of sulfonamides is 1. The molecule has 1 heterocycles. The Morgan fingerprint density at radius 1 is 0.808 bits per heavy atom. The summed E-state index contributed by atoms with van der Waals surface area (Å²) < 4.78 is 69.9. The maximum absolute atomic E-state index is 14.0. The number of nitrogens with one attached hydrogen (secondary N) is 3. The fourth-order valence-electron chi connectivity index (χ4n) is 5.22. The van der Waals surface area contributed by atoms with Gasteiger partial charge in [-0.2, -0.15) is 13.2 Å². The van der Waals surface area contributed by atoms with Gasteiger partial charge in [-0.3, -0.25) is 19.4 Å². The van der Waals surface area contributed by atoms with Crippen molar-refractivity contribution in [3.8, 4) is 0 Å². The van der Waals surface area contributed by atoms with E-state index in [9.17, 15) is 36.0 Å². The lowest BCUT2D eigenvalue weighted by Crippen LogP contribution is -2.57. The molecule has 3 aromatic carbocycles. The van der Waals surface area contributed by atoms with E-state index in [1.807, 2.05) is 0 Å². The SMILES string of the molecule is NC(N)=NCCCC(NC(=O)C(Cc1cccc(C(F)(F)F)c1)NC(=O)C(Cc1ccccc1)NS(=O)(=O)Cc1ccccc1)C(=O)c1nccs1. The number of hydrogen-bond donors (Lipinski definition) is 5. The smallest absolute Gasteiger partial charge is 0.370 e. The van der Waals surface area contributed by atoms with Crippen molar-refractivity contribution >= 4 is 44.9 Å². The van der Waals surface area contributed by atoms with Crippen molar-refractivity contribution in [1.29, 1.82) is 0 Å². The van der Waals surface area contributed by atoms with Crippen LogP contribution < -0.4 is 26.8 Å². The van der Waals surface area contributed by atoms with Crippen molar-refractivity contribution in [2.75, 3.05) is 6.54 Å². The molecule has 1 aromatic heterocycles. The minimum absolute atomic E-state index is 0.0510. The Balaban J connectivity index is 1.65. The zero-order chi connectivity index (χ0) is 37.7. The number of amides is 2. The van der Waals surface area contributed by atoms with Crippen LogP contribution in [-0.2, 0) is 44.4 Å². The Kier molecular flexibility index (Phi) is 14.0. The number of hydrogen-bond acceptors (Lipinski definition) is 8. The maximum atomic E-state index is 14.0. The Bertz CT molecular complexity index is 1920. The lowest BCUT2D eigenvalue weighted by atomic mass is 10.00. The van der Waals surface area contributed by atoms with Gasteiger partial charge in [0, 0.05) is 24.5 Å². The summed E-state index contributed by atoms with van der Waals surface area (Å²) in [5.41, 5.74) is 10.9. The van der Waals surface area contributed by atoms with Crippen LogP contribution in [0.15, 0.2) is 101 Å². The number of Topliss-reactive ketones (excluding diaryl/α,β-unsaturated/α-hetero) is 1. The fraction of sp³-hybridized carbons (Fsp3) is 0.286. The van der Waals surface area contributed by atoms with Gasteiger partial charge in [-0.1, -0.05) is 78.9 Å². The van der Waals surface area contributed by atoms with Crippen LogP contribution in [0.5, 0.6) is 0 Å². The molecular formula is C35H38F3N7O5S2. The number of guanidine groups is 1. The lowest BCUT2D eigenvalue weighted by molar-refractivity contribution is -0.137. The van der Waals surface area contributed by atoms with E-state index in [2.05, 4.69) is 25.3 Å². The first-order valence-corrected chi connectivity index (χ1v) is 18.6. The molecule has 0 bridgehead atoms. The predicted molar refractivity (Wildman–Crippen MR) is 192 cm³/mol. The average molecular weight is 758 g/mol. The lowest BCUT2D eigenvalue weighted by Gasteiger charge is -2.25. The summed E-state index contributed by atoms with van der Waals surface area (Å²) in [5, 5.41) is 6.85. The highest BCUT2D eigenvalue weighted by atomic mass is 32.2. The van der Waals surface area contributed by atoms with E-state index < -0.39 is 69.7 Å². The Morgan fingerprint density at radius 3 is 2.02 bits per heavy atom. The van der Waals surface area contributed by atoms with Gasteiger partial charge in [-0.25, -0.2) is 18.1 Å². The summed E-state index contributed by atoms with van der Waals surface area (Å²) in [6.45, 7) is 0.133. The quantitative estimate of drug-likeness (QED) is 0.0441. The molecule has 0 saturated heterocycles. The maximum Gasteiger partial charge on any atom is 0.416 e. The Morgan fingerprint density at radius 2 is 1.40 bits per heavy atom. The standard InChI is InChI=1S/C35H38F3N7O5S2/c36-35(37,38)26-14-7-13-25(19-26)21-28(31(47)43-27(15-8-16-42-34(39)40)30(46)33-41-17-18-51-33)44-32(48)29(20-23-9-3-1-4-10-23)45-52(49,50)22-24-11-5-2-6-12-24/h1-7,9-14,17-19,27-29,45H,8,15-16,20-22H2,(H,43,47)(H,44,48)(H4,39,40,42). The van der Waals surface area contributed by atoms with Gasteiger partial charge in [-0.05, 0) is 42.0 Å². The molecule has 3 unspecified atom stereocenters. The van der Waals surface area contributed by atoms with Crippen LogP contribution in [-0.4, -0.2) is 61.6 Å². The molecule has 276 valence electrons. The number of thiazole rings is 1. The monoisotopic (exact) mass is 757 g/mol. The van der Waals surface area contributed by atoms with Crippen LogP contribution in [0.1, 0.15) is 44.9 Å². The molecule has 12 nitrogen and oxygen atoms in total. The molecule has 4 aromatic rings. The summed E-state index contributed by atoms with van der Waals surface area (Å²) in [7, 11) is -4.13. The predicted octanol–water partition coefficient (Wildman–Crippen LogP) is 3.34. The molecular weight excluding hydrogens is 720 g/mol. The number of carbonyl (C=O) groups excluding carboxylic acids is 3. The summed E-state index contributed by atoms with van der Waals surface area (Å²) in [6.07, 6.45) is -3.50. The van der Waals surface area contributed by atoms with Gasteiger partial charge in [0.25, 0.3) is 0 Å². The third kappa shape index (κ3) is 12.6. The largest absolute Gasteiger partial charge is 0.416 e. The highest BCUT2D eigenvalue weighted by Gasteiger charge is 2.34. The van der Waals surface area contributed by atoms with Gasteiger partial charge >= 0.3 is 6.18 Å². The van der Waals surface area contributed by atoms with Crippen molar-refractivity contribution in [1.82, 2.24) is 20.3 Å². The summed E-state index contributed by atoms with van der Waals surface area (Å²) >= 11 is 1.05. The first-order chi connectivity index (χ1) is 24.7. The number of aliphatic imine (C=N–C) groups is 1. The third-order valence-corrected chi connectivity index (χ3v) is 9.81. The third-order valence-electron chi connectivity index (χ3n) is 7.67. The van der Waals surface area contributed by atoms with E-state index in [0.717, 1.165) is 23.5 Å². The number of halogens is 3. The number of ketones is 1. The number of rotatable bonds is 18. The van der Waals surface area contributed by atoms with Gasteiger partial charge in [0.15, 0.2) is 11.0 Å². The number of nitrogens with zero attached hydrogens (tertiary/aromatic N) is 2. The van der Waals surface area contributed by atoms with E-state index in [-0.39, 0.29) is 42.3 Å². The minimum atomic E-state index is -4.69. The summed E-state index contributed by atoms with van der Waals surface area (Å²) in [5.74, 6) is -2.95. The molecule has 52 heavy (non-hydrogen) atoms. The summed E-state index contributed by atoms with van der Waals surface area (Å²) in [6, 6.07) is 16.9. The highest BCUT2D eigenvalue weighted by Crippen LogP contribution is 2.30. The molecule has 0 aliphatic rings. The number of aromatic nitrogens is 1. The molecule has 4 rings (SSSR count). The fourth-order valence-corrected chi connectivity index (χ4v) is 7.19. The Hall–Kier alpha value is -5.13. The van der Waals surface area contributed by atoms with Crippen LogP contribution in [0.3, 0.4) is 0 Å². The zero-order valence-corrected chi connectivity index (χ0v) is 29.4. The van der Waals surface area contributed by atoms with E-state index in [1.54, 1.807) is 66.0 Å². The second kappa shape index (κ2) is 18.4. The molecule has 0 aliphatic carbocycles. The zero-order valence-electron chi connectivity index (χ0n) is 27.8. The van der Waals surface area contributed by atoms with E-state index in [4.69, 9.17) is 11.5 Å². The number of carbonyl (C=O) groups is 3. The van der Waals surface area contributed by atoms with Crippen LogP contribution in [0, 0.1) is 0 Å².